The molecular formula is C14H18ClNO2. The SMILES string of the molecule is CC(C)N(CCCl)C(=O)c1ccc2c(c1)CCO2. The van der Waals surface area contributed by atoms with Crippen LogP contribution in [0.1, 0.15) is 29.8 Å². The lowest BCUT2D eigenvalue weighted by atomic mass is 10.1. The van der Waals surface area contributed by atoms with Crippen LogP contribution < -0.4 is 4.74 Å². The van der Waals surface area contributed by atoms with Crippen molar-refractivity contribution in [2.45, 2.75) is 26.3 Å². The van der Waals surface area contributed by atoms with Crippen molar-refractivity contribution >= 4 is 17.5 Å². The first-order valence-corrected chi connectivity index (χ1v) is 6.79. The molecule has 18 heavy (non-hydrogen) atoms. The Morgan fingerprint density at radius 1 is 1.50 bits per heavy atom. The summed E-state index contributed by atoms with van der Waals surface area (Å²) < 4.78 is 5.44. The molecule has 1 amide bonds. The third-order valence-corrected chi connectivity index (χ3v) is 3.32. The van der Waals surface area contributed by atoms with E-state index in [0.717, 1.165) is 23.3 Å². The minimum atomic E-state index is 0.0420. The summed E-state index contributed by atoms with van der Waals surface area (Å²) in [6.45, 7) is 5.29. The lowest BCUT2D eigenvalue weighted by Gasteiger charge is -2.26. The highest BCUT2D eigenvalue weighted by atomic mass is 35.5. The molecule has 0 aliphatic carbocycles. The molecule has 1 aliphatic heterocycles. The molecule has 4 heteroatoms. The van der Waals surface area contributed by atoms with E-state index in [2.05, 4.69) is 0 Å². The highest BCUT2D eigenvalue weighted by Gasteiger charge is 2.20. The summed E-state index contributed by atoms with van der Waals surface area (Å²) in [4.78, 5) is 14.2. The van der Waals surface area contributed by atoms with E-state index in [1.54, 1.807) is 4.90 Å². The van der Waals surface area contributed by atoms with Gasteiger partial charge in [0.15, 0.2) is 0 Å². The van der Waals surface area contributed by atoms with Crippen molar-refractivity contribution in [1.82, 2.24) is 4.90 Å². The van der Waals surface area contributed by atoms with Crippen molar-refractivity contribution in [3.8, 4) is 5.75 Å². The zero-order chi connectivity index (χ0) is 13.1. The van der Waals surface area contributed by atoms with Crippen molar-refractivity contribution in [1.29, 1.82) is 0 Å². The van der Waals surface area contributed by atoms with Crippen molar-refractivity contribution in [2.24, 2.45) is 0 Å². The van der Waals surface area contributed by atoms with E-state index in [1.165, 1.54) is 0 Å². The van der Waals surface area contributed by atoms with E-state index in [4.69, 9.17) is 16.3 Å². The highest BCUT2D eigenvalue weighted by molar-refractivity contribution is 6.18. The topological polar surface area (TPSA) is 29.5 Å². The van der Waals surface area contributed by atoms with Gasteiger partial charge in [-0.2, -0.15) is 0 Å². The first kappa shape index (κ1) is 13.2. The highest BCUT2D eigenvalue weighted by Crippen LogP contribution is 2.26. The summed E-state index contributed by atoms with van der Waals surface area (Å²) in [5, 5.41) is 0. The van der Waals surface area contributed by atoms with Crippen LogP contribution in [0.25, 0.3) is 0 Å². The van der Waals surface area contributed by atoms with Crippen LogP contribution in [0.2, 0.25) is 0 Å². The fourth-order valence-electron chi connectivity index (χ4n) is 2.17. The van der Waals surface area contributed by atoms with Gasteiger partial charge in [0.05, 0.1) is 6.61 Å². The second-order valence-corrected chi connectivity index (χ2v) is 5.08. The Kier molecular flexibility index (Phi) is 4.12. The summed E-state index contributed by atoms with van der Waals surface area (Å²) in [6.07, 6.45) is 0.883. The van der Waals surface area contributed by atoms with Gasteiger partial charge in [0.2, 0.25) is 0 Å². The number of nitrogens with zero attached hydrogens (tertiary/aromatic N) is 1. The number of amides is 1. The van der Waals surface area contributed by atoms with Crippen molar-refractivity contribution in [3.05, 3.63) is 29.3 Å². The summed E-state index contributed by atoms with van der Waals surface area (Å²) in [7, 11) is 0. The van der Waals surface area contributed by atoms with Gasteiger partial charge in [0.1, 0.15) is 5.75 Å². The van der Waals surface area contributed by atoms with Gasteiger partial charge in [0, 0.05) is 30.5 Å². The molecule has 0 aromatic heterocycles. The van der Waals surface area contributed by atoms with Crippen LogP contribution in [0.3, 0.4) is 0 Å². The normalized spacial score (nSPS) is 13.3. The Morgan fingerprint density at radius 2 is 2.28 bits per heavy atom. The molecule has 0 saturated carbocycles. The molecule has 1 aliphatic rings. The number of halogens is 1. The summed E-state index contributed by atoms with van der Waals surface area (Å²) >= 11 is 5.75. The van der Waals surface area contributed by atoms with Gasteiger partial charge in [-0.15, -0.1) is 11.6 Å². The molecule has 0 bridgehead atoms. The zero-order valence-electron chi connectivity index (χ0n) is 10.8. The van der Waals surface area contributed by atoms with Crippen LogP contribution in [-0.4, -0.2) is 35.9 Å². The Hall–Kier alpha value is -1.22. The van der Waals surface area contributed by atoms with Gasteiger partial charge in [-0.3, -0.25) is 4.79 Å². The van der Waals surface area contributed by atoms with Gasteiger partial charge >= 0.3 is 0 Å². The number of alkyl halides is 1. The number of carbonyl (C=O) groups excluding carboxylic acids is 1. The number of fused-ring (bicyclic) bond motifs is 1. The fourth-order valence-corrected chi connectivity index (χ4v) is 2.35. The number of rotatable bonds is 4. The standard InChI is InChI=1S/C14H18ClNO2/c1-10(2)16(7-6-15)14(17)12-3-4-13-11(9-12)5-8-18-13/h3-4,9-10H,5-8H2,1-2H3. The van der Waals surface area contributed by atoms with E-state index in [9.17, 15) is 4.79 Å². The van der Waals surface area contributed by atoms with Gasteiger partial charge < -0.3 is 9.64 Å². The van der Waals surface area contributed by atoms with Gasteiger partial charge in [0.25, 0.3) is 5.91 Å². The second-order valence-electron chi connectivity index (χ2n) is 4.70. The van der Waals surface area contributed by atoms with Crippen LogP contribution >= 0.6 is 11.6 Å². The Balaban J connectivity index is 2.22. The monoisotopic (exact) mass is 267 g/mol. The van der Waals surface area contributed by atoms with Gasteiger partial charge in [-0.1, -0.05) is 0 Å². The molecule has 0 radical (unpaired) electrons. The third kappa shape index (κ3) is 2.61. The summed E-state index contributed by atoms with van der Waals surface area (Å²) in [5.41, 5.74) is 1.84. The maximum atomic E-state index is 12.4. The van der Waals surface area contributed by atoms with Crippen molar-refractivity contribution < 1.29 is 9.53 Å². The van der Waals surface area contributed by atoms with Gasteiger partial charge in [-0.05, 0) is 37.6 Å². The molecule has 0 fully saturated rings. The number of benzene rings is 1. The molecule has 3 nitrogen and oxygen atoms in total. The number of ether oxygens (including phenoxy) is 1. The van der Waals surface area contributed by atoms with Gasteiger partial charge in [-0.25, -0.2) is 0 Å². The molecule has 1 aromatic carbocycles. The van der Waals surface area contributed by atoms with Crippen LogP contribution in [-0.2, 0) is 6.42 Å². The van der Waals surface area contributed by atoms with Crippen LogP contribution in [0.4, 0.5) is 0 Å². The maximum Gasteiger partial charge on any atom is 0.254 e. The Labute approximate surface area is 113 Å². The Bertz CT molecular complexity index is 445. The van der Waals surface area contributed by atoms with E-state index in [-0.39, 0.29) is 11.9 Å². The predicted octanol–water partition coefficient (Wildman–Crippen LogP) is 2.71. The van der Waals surface area contributed by atoms with Crippen molar-refractivity contribution in [3.63, 3.8) is 0 Å². The average molecular weight is 268 g/mol. The Morgan fingerprint density at radius 3 is 2.94 bits per heavy atom. The lowest BCUT2D eigenvalue weighted by molar-refractivity contribution is 0.0718. The molecular weight excluding hydrogens is 250 g/mol. The molecule has 2 rings (SSSR count). The molecule has 0 unspecified atom stereocenters. The van der Waals surface area contributed by atoms with E-state index in [0.29, 0.717) is 19.0 Å². The number of carbonyl (C=O) groups is 1. The number of hydrogen-bond acceptors (Lipinski definition) is 2. The molecule has 0 N–H and O–H groups in total. The molecule has 0 saturated heterocycles. The van der Waals surface area contributed by atoms with E-state index >= 15 is 0 Å². The quantitative estimate of drug-likeness (QED) is 0.785. The third-order valence-electron chi connectivity index (χ3n) is 3.15. The molecule has 0 atom stereocenters. The second kappa shape index (κ2) is 5.61. The first-order valence-electron chi connectivity index (χ1n) is 6.26. The number of hydrogen-bond donors (Lipinski definition) is 0. The zero-order valence-corrected chi connectivity index (χ0v) is 11.5. The predicted molar refractivity (Wildman–Crippen MR) is 72.5 cm³/mol. The molecule has 1 heterocycles. The summed E-state index contributed by atoms with van der Waals surface area (Å²) in [5.74, 6) is 1.40. The fraction of sp³-hybridized carbons (Fsp3) is 0.500. The summed E-state index contributed by atoms with van der Waals surface area (Å²) in [6, 6.07) is 5.81. The maximum absolute atomic E-state index is 12.4. The van der Waals surface area contributed by atoms with Crippen LogP contribution in [0, 0.1) is 0 Å². The lowest BCUT2D eigenvalue weighted by Crippen LogP contribution is -2.38. The largest absolute Gasteiger partial charge is 0.493 e. The van der Waals surface area contributed by atoms with Crippen LogP contribution in [0.15, 0.2) is 18.2 Å². The van der Waals surface area contributed by atoms with E-state index in [1.807, 2.05) is 32.0 Å². The molecule has 0 spiro atoms. The van der Waals surface area contributed by atoms with Crippen LogP contribution in [0.5, 0.6) is 5.75 Å². The minimum absolute atomic E-state index is 0.0420. The first-order chi connectivity index (χ1) is 8.63. The minimum Gasteiger partial charge on any atom is -0.493 e. The smallest absolute Gasteiger partial charge is 0.254 e. The van der Waals surface area contributed by atoms with E-state index < -0.39 is 0 Å². The average Bonchev–Trinajstić information content (AvgIpc) is 2.81. The van der Waals surface area contributed by atoms with Crippen molar-refractivity contribution in [2.75, 3.05) is 19.0 Å². The molecule has 98 valence electrons. The molecule has 1 aromatic rings.